The Balaban J connectivity index is -0.0000000868. The first-order valence-corrected chi connectivity index (χ1v) is 9.11. The first-order chi connectivity index (χ1) is 12.4. The topological polar surface area (TPSA) is 147 Å². The van der Waals surface area contributed by atoms with E-state index in [1.54, 1.807) is 0 Å². The van der Waals surface area contributed by atoms with E-state index in [1.165, 1.54) is 0 Å². The number of hydrogen-bond donors (Lipinski definition) is 5. The molecule has 6 N–H and O–H groups in total. The van der Waals surface area contributed by atoms with Crippen molar-refractivity contribution in [2.75, 3.05) is 39.6 Å². The van der Waals surface area contributed by atoms with Crippen LogP contribution in [0.15, 0.2) is 0 Å². The van der Waals surface area contributed by atoms with E-state index in [2.05, 4.69) is 5.32 Å². The molecular formula is C26H71N3O6. The smallest absolute Gasteiger partial charge is 0.320 e. The summed E-state index contributed by atoms with van der Waals surface area (Å²) in [6.45, 7) is 6.01. The SMILES string of the molecule is C.C.C.C.C.C.C.C.C.CCOCC(C)OCCOCC(O)CNC(CCCCC(=N)N)C(=O)O. The summed E-state index contributed by atoms with van der Waals surface area (Å²) < 4.78 is 16.0. The third-order valence-corrected chi connectivity index (χ3v) is 3.58. The minimum absolute atomic E-state index is 0. The molecule has 0 saturated heterocycles. The molecule has 3 unspecified atom stereocenters. The van der Waals surface area contributed by atoms with Gasteiger partial charge in [-0.25, -0.2) is 0 Å². The van der Waals surface area contributed by atoms with Crippen LogP contribution in [0.5, 0.6) is 0 Å². The minimum Gasteiger partial charge on any atom is -0.480 e. The Hall–Kier alpha value is -1.26. The van der Waals surface area contributed by atoms with Crippen molar-refractivity contribution in [3.8, 4) is 0 Å². The molecule has 0 saturated carbocycles. The minimum atomic E-state index is -0.961. The summed E-state index contributed by atoms with van der Waals surface area (Å²) in [4.78, 5) is 11.2. The Kier molecular flexibility index (Phi) is 78.6. The Morgan fingerprint density at radius 1 is 0.943 bits per heavy atom. The van der Waals surface area contributed by atoms with Crippen molar-refractivity contribution < 1.29 is 29.2 Å². The molecule has 9 nitrogen and oxygen atoms in total. The van der Waals surface area contributed by atoms with Crippen LogP contribution >= 0.6 is 0 Å². The molecule has 0 spiro atoms. The number of aliphatic carboxylic acids is 1. The number of carbonyl (C=O) groups is 1. The normalized spacial score (nSPS) is 10.9. The van der Waals surface area contributed by atoms with Crippen molar-refractivity contribution in [1.82, 2.24) is 5.32 Å². The van der Waals surface area contributed by atoms with Crippen molar-refractivity contribution in [3.63, 3.8) is 0 Å². The van der Waals surface area contributed by atoms with Gasteiger partial charge in [-0.2, -0.15) is 0 Å². The molecule has 9 heteroatoms. The highest BCUT2D eigenvalue weighted by atomic mass is 16.6. The van der Waals surface area contributed by atoms with Crippen molar-refractivity contribution in [2.45, 2.75) is 125 Å². The summed E-state index contributed by atoms with van der Waals surface area (Å²) >= 11 is 0. The first-order valence-electron chi connectivity index (χ1n) is 9.11. The lowest BCUT2D eigenvalue weighted by Crippen LogP contribution is -2.42. The van der Waals surface area contributed by atoms with E-state index in [0.29, 0.717) is 52.1 Å². The quantitative estimate of drug-likeness (QED) is 0.0829. The maximum Gasteiger partial charge on any atom is 0.320 e. The highest BCUT2D eigenvalue weighted by Crippen LogP contribution is 2.04. The Labute approximate surface area is 222 Å². The van der Waals surface area contributed by atoms with Gasteiger partial charge in [0.15, 0.2) is 0 Å². The number of nitrogens with one attached hydrogen (secondary N) is 2. The molecule has 0 bridgehead atoms. The van der Waals surface area contributed by atoms with Crippen LogP contribution in [0.25, 0.3) is 0 Å². The van der Waals surface area contributed by atoms with Gasteiger partial charge in [0.25, 0.3) is 0 Å². The number of aliphatic hydroxyl groups is 1. The molecule has 0 aliphatic rings. The summed E-state index contributed by atoms with van der Waals surface area (Å²) in [5.74, 6) is -0.855. The molecule has 226 valence electrons. The van der Waals surface area contributed by atoms with Gasteiger partial charge in [-0.3, -0.25) is 10.2 Å². The summed E-state index contributed by atoms with van der Waals surface area (Å²) in [7, 11) is 0. The number of carboxylic acid groups (broad SMARTS) is 1. The number of amidine groups is 1. The van der Waals surface area contributed by atoms with E-state index in [0.717, 1.165) is 0 Å². The van der Waals surface area contributed by atoms with Gasteiger partial charge in [-0.05, 0) is 26.7 Å². The fraction of sp³-hybridized carbons (Fsp3) is 0.923. The zero-order valence-corrected chi connectivity index (χ0v) is 15.9. The van der Waals surface area contributed by atoms with Crippen molar-refractivity contribution in [2.24, 2.45) is 5.73 Å². The highest BCUT2D eigenvalue weighted by Gasteiger charge is 2.17. The zero-order valence-electron chi connectivity index (χ0n) is 15.9. The number of ether oxygens (including phenoxy) is 3. The second kappa shape index (κ2) is 42.9. The predicted octanol–water partition coefficient (Wildman–Crippen LogP) is 6.07. The Bertz CT molecular complexity index is 388. The molecule has 0 aromatic rings. The lowest BCUT2D eigenvalue weighted by atomic mass is 10.1. The third kappa shape index (κ3) is 43.3. The molecule has 0 aromatic carbocycles. The van der Waals surface area contributed by atoms with Crippen LogP contribution in [0.1, 0.15) is 106 Å². The molecule has 0 aliphatic carbocycles. The Morgan fingerprint density at radius 3 is 1.94 bits per heavy atom. The van der Waals surface area contributed by atoms with E-state index in [9.17, 15) is 15.0 Å². The maximum atomic E-state index is 11.2. The largest absolute Gasteiger partial charge is 0.480 e. The molecular weight excluding hydrogens is 450 g/mol. The third-order valence-electron chi connectivity index (χ3n) is 3.58. The van der Waals surface area contributed by atoms with Crippen LogP contribution in [0, 0.1) is 5.41 Å². The predicted molar refractivity (Wildman–Crippen MR) is 159 cm³/mol. The fourth-order valence-corrected chi connectivity index (χ4v) is 2.17. The van der Waals surface area contributed by atoms with Gasteiger partial charge in [0.2, 0.25) is 0 Å². The van der Waals surface area contributed by atoms with Crippen LogP contribution in [0.4, 0.5) is 0 Å². The Morgan fingerprint density at radius 2 is 1.49 bits per heavy atom. The lowest BCUT2D eigenvalue weighted by Gasteiger charge is -2.18. The van der Waals surface area contributed by atoms with Crippen LogP contribution in [-0.4, -0.2) is 79.8 Å². The van der Waals surface area contributed by atoms with Gasteiger partial charge in [0, 0.05) is 19.6 Å². The van der Waals surface area contributed by atoms with E-state index in [-0.39, 0.29) is 91.9 Å². The van der Waals surface area contributed by atoms with Gasteiger partial charge in [0.1, 0.15) is 6.04 Å². The molecule has 0 fully saturated rings. The number of nitrogens with two attached hydrogens (primary N) is 1. The van der Waals surface area contributed by atoms with E-state index in [4.69, 9.17) is 25.4 Å². The second-order valence-electron chi connectivity index (χ2n) is 6.14. The molecule has 0 aromatic heterocycles. The number of hydrogen-bond acceptors (Lipinski definition) is 7. The van der Waals surface area contributed by atoms with Crippen molar-refractivity contribution in [1.29, 1.82) is 5.41 Å². The molecule has 3 atom stereocenters. The van der Waals surface area contributed by atoms with E-state index >= 15 is 0 Å². The van der Waals surface area contributed by atoms with Gasteiger partial charge in [0.05, 0.1) is 44.5 Å². The number of carboxylic acids is 1. The van der Waals surface area contributed by atoms with Crippen LogP contribution in [0.3, 0.4) is 0 Å². The van der Waals surface area contributed by atoms with Gasteiger partial charge < -0.3 is 35.5 Å². The summed E-state index contributed by atoms with van der Waals surface area (Å²) in [6.07, 6.45) is 1.40. The molecule has 35 heavy (non-hydrogen) atoms. The molecule has 0 aliphatic heterocycles. The molecule has 0 amide bonds. The standard InChI is InChI=1S/C17H35N3O6.9CH4/c1-3-24-11-13(2)26-9-8-25-12-14(21)10-20-15(17(22)23)6-4-5-7-16(18)19;;;;;;;;;/h13-15,20-21H,3-12H2,1-2H3,(H3,18,19)(H,22,23);9*1H4. The lowest BCUT2D eigenvalue weighted by molar-refractivity contribution is -0.139. The van der Waals surface area contributed by atoms with Gasteiger partial charge in [-0.1, -0.05) is 73.3 Å². The number of aliphatic hydroxyl groups excluding tert-OH is 1. The second-order valence-corrected chi connectivity index (χ2v) is 6.14. The van der Waals surface area contributed by atoms with Crippen LogP contribution in [-0.2, 0) is 19.0 Å². The molecule has 0 radical (unpaired) electrons. The summed E-state index contributed by atoms with van der Waals surface area (Å²) in [6, 6.07) is -0.737. The number of unbranched alkanes of at least 4 members (excludes halogenated alkanes) is 1. The number of rotatable bonds is 18. The fourth-order valence-electron chi connectivity index (χ4n) is 2.17. The monoisotopic (exact) mass is 522 g/mol. The van der Waals surface area contributed by atoms with Gasteiger partial charge >= 0.3 is 5.97 Å². The van der Waals surface area contributed by atoms with E-state index < -0.39 is 18.1 Å². The van der Waals surface area contributed by atoms with Crippen LogP contribution in [0.2, 0.25) is 0 Å². The van der Waals surface area contributed by atoms with Gasteiger partial charge in [-0.15, -0.1) is 0 Å². The van der Waals surface area contributed by atoms with Crippen molar-refractivity contribution >= 4 is 11.8 Å². The average molecular weight is 522 g/mol. The highest BCUT2D eigenvalue weighted by molar-refractivity contribution is 5.76. The summed E-state index contributed by atoms with van der Waals surface area (Å²) in [5, 5.41) is 29.0. The molecule has 0 rings (SSSR count). The average Bonchev–Trinajstić information content (AvgIpc) is 2.58. The van der Waals surface area contributed by atoms with Crippen LogP contribution < -0.4 is 11.1 Å². The first kappa shape index (κ1) is 64.2. The van der Waals surface area contributed by atoms with E-state index in [1.807, 2.05) is 13.8 Å². The maximum absolute atomic E-state index is 11.2. The van der Waals surface area contributed by atoms with Crippen molar-refractivity contribution in [3.05, 3.63) is 0 Å². The molecule has 0 heterocycles. The summed E-state index contributed by atoms with van der Waals surface area (Å²) in [5.41, 5.74) is 5.26. The zero-order chi connectivity index (χ0) is 19.8.